The maximum atomic E-state index is 9.72. The molecule has 0 aliphatic heterocycles. The van der Waals surface area contributed by atoms with Crippen LogP contribution in [0.5, 0.6) is 0 Å². The Morgan fingerprint density at radius 1 is 1.07 bits per heavy atom. The van der Waals surface area contributed by atoms with Crippen LogP contribution >= 0.6 is 0 Å². The topological polar surface area (TPSA) is 84.1 Å². The number of hydrogen-bond donors (Lipinski definition) is 2. The zero-order chi connectivity index (χ0) is 21.0. The van der Waals surface area contributed by atoms with E-state index in [0.29, 0.717) is 29.9 Å². The van der Waals surface area contributed by atoms with Gasteiger partial charge in [0.25, 0.3) is 5.89 Å². The van der Waals surface area contributed by atoms with Crippen molar-refractivity contribution in [2.45, 2.75) is 83.3 Å². The molecule has 2 aromatic heterocycles. The average Bonchev–Trinajstić information content (AvgIpc) is 3.30. The molecule has 6 nitrogen and oxygen atoms in total. The molecule has 5 rings (SSSR count). The zero-order valence-electron chi connectivity index (χ0n) is 18.2. The molecule has 0 amide bonds. The van der Waals surface area contributed by atoms with Crippen LogP contribution in [0.25, 0.3) is 22.5 Å². The Kier molecular flexibility index (Phi) is 4.58. The van der Waals surface area contributed by atoms with Gasteiger partial charge in [-0.1, -0.05) is 31.9 Å². The number of fused-ring (bicyclic) bond motifs is 1. The maximum absolute atomic E-state index is 9.72. The molecule has 2 N–H and O–H groups in total. The van der Waals surface area contributed by atoms with E-state index in [1.165, 1.54) is 34.9 Å². The van der Waals surface area contributed by atoms with E-state index in [1.54, 1.807) is 0 Å². The summed E-state index contributed by atoms with van der Waals surface area (Å²) in [5.41, 5.74) is 5.60. The number of nitrogens with one attached hydrogen (secondary N) is 1. The second-order valence-corrected chi connectivity index (χ2v) is 10.0. The van der Waals surface area contributed by atoms with E-state index in [0.717, 1.165) is 18.4 Å². The molecule has 0 saturated heterocycles. The average molecular weight is 407 g/mol. The quantitative estimate of drug-likeness (QED) is 0.628. The van der Waals surface area contributed by atoms with Crippen LogP contribution in [-0.2, 0) is 5.41 Å². The number of aryl methyl sites for hydroxylation is 1. The summed E-state index contributed by atoms with van der Waals surface area (Å²) in [5.74, 6) is 1.13. The van der Waals surface area contributed by atoms with Gasteiger partial charge >= 0.3 is 6.01 Å². The first-order chi connectivity index (χ1) is 14.3. The number of nitrogens with zero attached hydrogens (tertiary/aromatic N) is 3. The van der Waals surface area contributed by atoms with Crippen molar-refractivity contribution in [3.63, 3.8) is 0 Å². The highest BCUT2D eigenvalue weighted by Crippen LogP contribution is 2.44. The van der Waals surface area contributed by atoms with Gasteiger partial charge in [-0.25, -0.2) is 4.98 Å². The van der Waals surface area contributed by atoms with Crippen molar-refractivity contribution in [3.05, 3.63) is 34.9 Å². The SMILES string of the molecule is Cc1cc(-c2nnc(NC3CCC(O)C3)o2)nc2c(C(C)(C)C)cc(C3CC3)cc12. The van der Waals surface area contributed by atoms with Crippen molar-refractivity contribution in [1.29, 1.82) is 0 Å². The van der Waals surface area contributed by atoms with Crippen LogP contribution in [-0.4, -0.2) is 32.4 Å². The summed E-state index contributed by atoms with van der Waals surface area (Å²) in [7, 11) is 0. The van der Waals surface area contributed by atoms with Gasteiger partial charge in [-0.05, 0) is 79.2 Å². The normalized spacial score (nSPS) is 22.0. The monoisotopic (exact) mass is 406 g/mol. The van der Waals surface area contributed by atoms with Gasteiger partial charge in [0.15, 0.2) is 0 Å². The first kappa shape index (κ1) is 19.5. The standard InChI is InChI=1S/C24H30N4O2/c1-13-9-20(22-27-28-23(30-22)25-16-7-8-17(29)12-16)26-21-18(13)10-15(14-5-6-14)11-19(21)24(2,3)4/h9-11,14,16-17,29H,5-8,12H2,1-4H3,(H,25,28). The Balaban J connectivity index is 1.53. The number of rotatable bonds is 4. The smallest absolute Gasteiger partial charge is 0.316 e. The van der Waals surface area contributed by atoms with Crippen molar-refractivity contribution >= 4 is 16.9 Å². The Morgan fingerprint density at radius 3 is 2.53 bits per heavy atom. The van der Waals surface area contributed by atoms with Crippen molar-refractivity contribution < 1.29 is 9.52 Å². The van der Waals surface area contributed by atoms with Crippen LogP contribution in [0.3, 0.4) is 0 Å². The van der Waals surface area contributed by atoms with Crippen molar-refractivity contribution in [3.8, 4) is 11.6 Å². The van der Waals surface area contributed by atoms with Crippen LogP contribution < -0.4 is 5.32 Å². The first-order valence-electron chi connectivity index (χ1n) is 11.0. The summed E-state index contributed by atoms with van der Waals surface area (Å²) >= 11 is 0. The molecule has 1 aromatic carbocycles. The third-order valence-corrected chi connectivity index (χ3v) is 6.38. The largest absolute Gasteiger partial charge is 0.402 e. The van der Waals surface area contributed by atoms with Gasteiger partial charge in [0.05, 0.1) is 11.6 Å². The van der Waals surface area contributed by atoms with E-state index in [1.807, 2.05) is 6.07 Å². The number of hydrogen-bond acceptors (Lipinski definition) is 6. The van der Waals surface area contributed by atoms with Crippen LogP contribution in [0.1, 0.15) is 75.5 Å². The molecular formula is C24H30N4O2. The van der Waals surface area contributed by atoms with Crippen LogP contribution in [0, 0.1) is 6.92 Å². The highest BCUT2D eigenvalue weighted by Gasteiger charge is 2.28. The molecule has 0 bridgehead atoms. The van der Waals surface area contributed by atoms with Crippen molar-refractivity contribution in [1.82, 2.24) is 15.2 Å². The molecule has 0 spiro atoms. The Hall–Kier alpha value is -2.47. The summed E-state index contributed by atoms with van der Waals surface area (Å²) in [6.07, 6.45) is 4.76. The zero-order valence-corrected chi connectivity index (χ0v) is 18.2. The van der Waals surface area contributed by atoms with Gasteiger partial charge in [0.1, 0.15) is 5.69 Å². The molecule has 158 valence electrons. The Labute approximate surface area is 177 Å². The van der Waals surface area contributed by atoms with Gasteiger partial charge < -0.3 is 14.8 Å². The molecule has 2 unspecified atom stereocenters. The number of aromatic nitrogens is 3. The molecule has 2 aliphatic rings. The fraction of sp³-hybridized carbons (Fsp3) is 0.542. The molecule has 6 heteroatoms. The van der Waals surface area contributed by atoms with Gasteiger partial charge in [-0.3, -0.25) is 0 Å². The van der Waals surface area contributed by atoms with Crippen molar-refractivity contribution in [2.24, 2.45) is 0 Å². The molecule has 3 aromatic rings. The van der Waals surface area contributed by atoms with E-state index in [-0.39, 0.29) is 17.6 Å². The van der Waals surface area contributed by atoms with E-state index < -0.39 is 0 Å². The summed E-state index contributed by atoms with van der Waals surface area (Å²) in [4.78, 5) is 4.99. The van der Waals surface area contributed by atoms with Crippen LogP contribution in [0.15, 0.2) is 22.6 Å². The first-order valence-corrected chi connectivity index (χ1v) is 11.0. The maximum Gasteiger partial charge on any atom is 0.316 e. The molecule has 2 atom stereocenters. The lowest BCUT2D eigenvalue weighted by Gasteiger charge is -2.23. The number of aliphatic hydroxyl groups is 1. The fourth-order valence-corrected chi connectivity index (χ4v) is 4.50. The minimum atomic E-state index is -0.244. The summed E-state index contributed by atoms with van der Waals surface area (Å²) in [6.45, 7) is 8.86. The van der Waals surface area contributed by atoms with E-state index in [2.05, 4.69) is 55.3 Å². The molecule has 30 heavy (non-hydrogen) atoms. The Morgan fingerprint density at radius 2 is 1.87 bits per heavy atom. The van der Waals surface area contributed by atoms with Crippen LogP contribution in [0.2, 0.25) is 0 Å². The molecular weight excluding hydrogens is 376 g/mol. The molecule has 0 radical (unpaired) electrons. The summed E-state index contributed by atoms with van der Waals surface area (Å²) < 4.78 is 5.89. The van der Waals surface area contributed by atoms with E-state index in [9.17, 15) is 5.11 Å². The lowest BCUT2D eigenvalue weighted by atomic mass is 9.83. The number of anilines is 1. The third-order valence-electron chi connectivity index (χ3n) is 6.38. The van der Waals surface area contributed by atoms with Gasteiger partial charge in [0, 0.05) is 11.4 Å². The third kappa shape index (κ3) is 3.69. The molecule has 2 saturated carbocycles. The number of benzene rings is 1. The van der Waals surface area contributed by atoms with Crippen molar-refractivity contribution in [2.75, 3.05) is 5.32 Å². The molecule has 2 aliphatic carbocycles. The minimum Gasteiger partial charge on any atom is -0.402 e. The lowest BCUT2D eigenvalue weighted by molar-refractivity contribution is 0.182. The minimum absolute atomic E-state index is 0.00786. The second-order valence-electron chi connectivity index (χ2n) is 10.0. The number of aliphatic hydroxyl groups excluding tert-OH is 1. The van der Waals surface area contributed by atoms with E-state index >= 15 is 0 Å². The molecule has 2 fully saturated rings. The predicted octanol–water partition coefficient (Wildman–Crippen LogP) is 5.09. The van der Waals surface area contributed by atoms with Gasteiger partial charge in [-0.2, -0.15) is 0 Å². The predicted molar refractivity (Wildman–Crippen MR) is 118 cm³/mol. The Bertz CT molecular complexity index is 1090. The number of pyridine rings is 1. The van der Waals surface area contributed by atoms with Gasteiger partial charge in [-0.15, -0.1) is 5.10 Å². The summed E-state index contributed by atoms with van der Waals surface area (Å²) in [6, 6.07) is 7.28. The fourth-order valence-electron chi connectivity index (χ4n) is 4.50. The highest BCUT2D eigenvalue weighted by molar-refractivity contribution is 5.88. The summed E-state index contributed by atoms with van der Waals surface area (Å²) in [5, 5.41) is 22.6. The second kappa shape index (κ2) is 7.05. The lowest BCUT2D eigenvalue weighted by Crippen LogP contribution is -2.16. The molecule has 2 heterocycles. The highest BCUT2D eigenvalue weighted by atomic mass is 16.4. The van der Waals surface area contributed by atoms with Gasteiger partial charge in [0.2, 0.25) is 0 Å². The van der Waals surface area contributed by atoms with Crippen LogP contribution in [0.4, 0.5) is 6.01 Å². The van der Waals surface area contributed by atoms with E-state index in [4.69, 9.17) is 9.40 Å².